The highest BCUT2D eigenvalue weighted by Gasteiger charge is 2.00. The molecule has 0 saturated carbocycles. The molecule has 0 saturated heterocycles. The van der Waals surface area contributed by atoms with Crippen LogP contribution in [0.4, 0.5) is 4.39 Å². The predicted octanol–water partition coefficient (Wildman–Crippen LogP) is 3.09. The number of nitrogens with one attached hydrogen (secondary N) is 1. The molecule has 1 N–H and O–H groups in total. The first-order chi connectivity index (χ1) is 6.65. The Balaban J connectivity index is 0.00000196. The fourth-order valence-corrected chi connectivity index (χ4v) is 1.50. The van der Waals surface area contributed by atoms with E-state index >= 15 is 0 Å². The lowest BCUT2D eigenvalue weighted by Gasteiger charge is -2.10. The van der Waals surface area contributed by atoms with E-state index in [0.29, 0.717) is 6.54 Å². The van der Waals surface area contributed by atoms with Crippen molar-refractivity contribution in [1.29, 1.82) is 0 Å². The van der Waals surface area contributed by atoms with Crippen LogP contribution >= 0.6 is 12.4 Å². The maximum absolute atomic E-state index is 11.9. The monoisotopic (exact) mass is 231 g/mol. The number of alkyl halides is 1. The zero-order valence-corrected chi connectivity index (χ0v) is 10.4. The van der Waals surface area contributed by atoms with Crippen molar-refractivity contribution in [1.82, 2.24) is 5.32 Å². The molecule has 0 aromatic heterocycles. The topological polar surface area (TPSA) is 12.0 Å². The fourth-order valence-electron chi connectivity index (χ4n) is 1.50. The molecule has 0 unspecified atom stereocenters. The molecular formula is C12H19ClFN. The van der Waals surface area contributed by atoms with Crippen molar-refractivity contribution in [2.45, 2.75) is 27.3 Å². The summed E-state index contributed by atoms with van der Waals surface area (Å²) in [5.74, 6) is 0. The molecule has 0 heterocycles. The molecule has 0 aliphatic heterocycles. The Morgan fingerprint density at radius 2 is 1.67 bits per heavy atom. The Labute approximate surface area is 97.5 Å². The van der Waals surface area contributed by atoms with Crippen LogP contribution in [0.3, 0.4) is 0 Å². The predicted molar refractivity (Wildman–Crippen MR) is 65.6 cm³/mol. The van der Waals surface area contributed by atoms with Crippen LogP contribution in [0.25, 0.3) is 0 Å². The van der Waals surface area contributed by atoms with Gasteiger partial charge in [0.15, 0.2) is 0 Å². The zero-order chi connectivity index (χ0) is 10.6. The highest BCUT2D eigenvalue weighted by molar-refractivity contribution is 5.85. The Kier molecular flexibility index (Phi) is 6.53. The molecule has 15 heavy (non-hydrogen) atoms. The summed E-state index contributed by atoms with van der Waals surface area (Å²) in [4.78, 5) is 0. The van der Waals surface area contributed by atoms with Gasteiger partial charge in [-0.1, -0.05) is 12.1 Å². The molecule has 1 aromatic carbocycles. The SMILES string of the molecule is Cc1cc(C)c(CNCCF)cc1C.Cl. The van der Waals surface area contributed by atoms with Crippen LogP contribution in [0.15, 0.2) is 12.1 Å². The summed E-state index contributed by atoms with van der Waals surface area (Å²) in [5.41, 5.74) is 5.16. The van der Waals surface area contributed by atoms with E-state index in [1.807, 2.05) is 0 Å². The van der Waals surface area contributed by atoms with Gasteiger partial charge in [0, 0.05) is 13.1 Å². The van der Waals surface area contributed by atoms with Crippen molar-refractivity contribution in [2.24, 2.45) is 0 Å². The summed E-state index contributed by atoms with van der Waals surface area (Å²) in [6.45, 7) is 7.21. The van der Waals surface area contributed by atoms with E-state index in [9.17, 15) is 4.39 Å². The van der Waals surface area contributed by atoms with Gasteiger partial charge in [0.2, 0.25) is 0 Å². The maximum atomic E-state index is 11.9. The lowest BCUT2D eigenvalue weighted by molar-refractivity contribution is 0.466. The number of hydrogen-bond donors (Lipinski definition) is 1. The van der Waals surface area contributed by atoms with Crippen molar-refractivity contribution in [3.63, 3.8) is 0 Å². The molecule has 0 spiro atoms. The molecule has 1 nitrogen and oxygen atoms in total. The maximum Gasteiger partial charge on any atom is 0.102 e. The third kappa shape index (κ3) is 4.18. The van der Waals surface area contributed by atoms with Crippen LogP contribution in [0.2, 0.25) is 0 Å². The van der Waals surface area contributed by atoms with Crippen LogP contribution in [-0.4, -0.2) is 13.2 Å². The van der Waals surface area contributed by atoms with Gasteiger partial charge < -0.3 is 5.32 Å². The van der Waals surface area contributed by atoms with Gasteiger partial charge in [-0.15, -0.1) is 12.4 Å². The smallest absolute Gasteiger partial charge is 0.102 e. The normalized spacial score (nSPS) is 9.87. The van der Waals surface area contributed by atoms with E-state index in [4.69, 9.17) is 0 Å². The van der Waals surface area contributed by atoms with E-state index in [-0.39, 0.29) is 19.1 Å². The summed E-state index contributed by atoms with van der Waals surface area (Å²) in [5, 5.41) is 3.06. The highest BCUT2D eigenvalue weighted by atomic mass is 35.5. The van der Waals surface area contributed by atoms with E-state index < -0.39 is 0 Å². The molecule has 0 aliphatic rings. The van der Waals surface area contributed by atoms with Crippen LogP contribution < -0.4 is 5.32 Å². The highest BCUT2D eigenvalue weighted by Crippen LogP contribution is 2.14. The lowest BCUT2D eigenvalue weighted by atomic mass is 10.0. The summed E-state index contributed by atoms with van der Waals surface area (Å²) < 4.78 is 11.9. The minimum Gasteiger partial charge on any atom is -0.310 e. The van der Waals surface area contributed by atoms with E-state index in [2.05, 4.69) is 38.2 Å². The molecule has 0 radical (unpaired) electrons. The van der Waals surface area contributed by atoms with Gasteiger partial charge in [-0.25, -0.2) is 4.39 Å². The van der Waals surface area contributed by atoms with E-state index in [1.165, 1.54) is 22.3 Å². The molecular weight excluding hydrogens is 213 g/mol. The summed E-state index contributed by atoms with van der Waals surface area (Å²) in [6.07, 6.45) is 0. The molecule has 0 atom stereocenters. The number of rotatable bonds is 4. The number of benzene rings is 1. The van der Waals surface area contributed by atoms with Gasteiger partial charge in [0.1, 0.15) is 6.67 Å². The second-order valence-electron chi connectivity index (χ2n) is 3.73. The Bertz CT molecular complexity index is 313. The first kappa shape index (κ1) is 14.4. The third-order valence-corrected chi connectivity index (χ3v) is 2.54. The minimum atomic E-state index is -0.302. The second-order valence-corrected chi connectivity index (χ2v) is 3.73. The summed E-state index contributed by atoms with van der Waals surface area (Å²) in [7, 11) is 0. The van der Waals surface area contributed by atoms with Crippen LogP contribution in [-0.2, 0) is 6.54 Å². The molecule has 86 valence electrons. The fraction of sp³-hybridized carbons (Fsp3) is 0.500. The van der Waals surface area contributed by atoms with Gasteiger partial charge in [-0.3, -0.25) is 0 Å². The standard InChI is InChI=1S/C12H18FN.ClH/c1-9-6-11(3)12(7-10(9)2)8-14-5-4-13;/h6-7,14H,4-5,8H2,1-3H3;1H. The number of hydrogen-bond acceptors (Lipinski definition) is 1. The average molecular weight is 232 g/mol. The van der Waals surface area contributed by atoms with Gasteiger partial charge in [0.25, 0.3) is 0 Å². The van der Waals surface area contributed by atoms with Crippen molar-refractivity contribution < 1.29 is 4.39 Å². The molecule has 0 bridgehead atoms. The molecule has 0 fully saturated rings. The van der Waals surface area contributed by atoms with Crippen molar-refractivity contribution in [3.05, 3.63) is 34.4 Å². The Hall–Kier alpha value is -0.600. The largest absolute Gasteiger partial charge is 0.310 e. The quantitative estimate of drug-likeness (QED) is 0.786. The molecule has 3 heteroatoms. The first-order valence-corrected chi connectivity index (χ1v) is 4.98. The third-order valence-electron chi connectivity index (χ3n) is 2.54. The van der Waals surface area contributed by atoms with Crippen molar-refractivity contribution in [2.75, 3.05) is 13.2 Å². The number of aryl methyl sites for hydroxylation is 3. The van der Waals surface area contributed by atoms with Crippen LogP contribution in [0.5, 0.6) is 0 Å². The van der Waals surface area contributed by atoms with Gasteiger partial charge in [-0.05, 0) is 43.0 Å². The molecule has 0 amide bonds. The molecule has 1 aromatic rings. The Morgan fingerprint density at radius 3 is 2.27 bits per heavy atom. The molecule has 1 rings (SSSR count). The van der Waals surface area contributed by atoms with Gasteiger partial charge in [0.05, 0.1) is 0 Å². The van der Waals surface area contributed by atoms with Gasteiger partial charge >= 0.3 is 0 Å². The average Bonchev–Trinajstić information content (AvgIpc) is 2.14. The van der Waals surface area contributed by atoms with E-state index in [1.54, 1.807) is 0 Å². The molecule has 0 aliphatic carbocycles. The summed E-state index contributed by atoms with van der Waals surface area (Å²) in [6, 6.07) is 4.36. The van der Waals surface area contributed by atoms with Crippen molar-refractivity contribution >= 4 is 12.4 Å². The Morgan fingerprint density at radius 1 is 1.07 bits per heavy atom. The van der Waals surface area contributed by atoms with Crippen LogP contribution in [0, 0.1) is 20.8 Å². The van der Waals surface area contributed by atoms with Gasteiger partial charge in [-0.2, -0.15) is 0 Å². The summed E-state index contributed by atoms with van der Waals surface area (Å²) >= 11 is 0. The van der Waals surface area contributed by atoms with Crippen molar-refractivity contribution in [3.8, 4) is 0 Å². The zero-order valence-electron chi connectivity index (χ0n) is 9.56. The first-order valence-electron chi connectivity index (χ1n) is 4.98. The lowest BCUT2D eigenvalue weighted by Crippen LogP contribution is -2.16. The second kappa shape index (κ2) is 6.81. The van der Waals surface area contributed by atoms with Crippen LogP contribution in [0.1, 0.15) is 22.3 Å². The van der Waals surface area contributed by atoms with E-state index in [0.717, 1.165) is 6.54 Å². The number of halogens is 2. The minimum absolute atomic E-state index is 0.